The molecule has 4 amide bonds. The lowest BCUT2D eigenvalue weighted by molar-refractivity contribution is -0.384. The highest BCUT2D eigenvalue weighted by atomic mass is 16.7. The number of hydrogen-bond acceptors (Lipinski definition) is 26. The summed E-state index contributed by atoms with van der Waals surface area (Å²) in [6.45, 7) is 1.64. The van der Waals surface area contributed by atoms with E-state index in [0.717, 1.165) is 42.4 Å². The van der Waals surface area contributed by atoms with E-state index in [2.05, 4.69) is 63.9 Å². The van der Waals surface area contributed by atoms with Crippen LogP contribution in [0, 0.1) is 39.7 Å². The molecular formula is C82H97N15O18. The van der Waals surface area contributed by atoms with E-state index in [-0.39, 0.29) is 75.0 Å². The van der Waals surface area contributed by atoms with Gasteiger partial charge < -0.3 is 89.1 Å². The first-order valence-corrected chi connectivity index (χ1v) is 38.2. The normalized spacial score (nSPS) is 18.6. The molecular weight excluding hydrogens is 1480 g/mol. The molecule has 33 nitrogen and oxygen atoms in total. The number of aliphatic hydroxyl groups is 3. The number of benzene rings is 6. The third kappa shape index (κ3) is 22.6. The summed E-state index contributed by atoms with van der Waals surface area (Å²) in [5.41, 5.74) is 5.53. The van der Waals surface area contributed by atoms with E-state index in [1.807, 2.05) is 98.1 Å². The number of carboxylic acid groups (broad SMARTS) is 1. The summed E-state index contributed by atoms with van der Waals surface area (Å²) >= 11 is 0. The van der Waals surface area contributed by atoms with Gasteiger partial charge in [0.05, 0.1) is 75.2 Å². The van der Waals surface area contributed by atoms with E-state index in [9.17, 15) is 54.5 Å². The zero-order valence-electron chi connectivity index (χ0n) is 65.3. The quantitative estimate of drug-likeness (QED) is 0.00363. The van der Waals surface area contributed by atoms with Crippen molar-refractivity contribution in [3.05, 3.63) is 154 Å². The number of amides is 4. The van der Waals surface area contributed by atoms with Crippen molar-refractivity contribution in [1.82, 2.24) is 40.8 Å². The summed E-state index contributed by atoms with van der Waals surface area (Å²) < 4.78 is 44.1. The Kier molecular flexibility index (Phi) is 29.5. The number of carbonyl (C=O) groups is 5. The Morgan fingerprint density at radius 1 is 0.730 bits per heavy atom. The van der Waals surface area contributed by atoms with Gasteiger partial charge in [0, 0.05) is 149 Å². The third-order valence-corrected chi connectivity index (χ3v) is 20.4. The first kappa shape index (κ1) is 84.1. The van der Waals surface area contributed by atoms with Crippen molar-refractivity contribution in [3.8, 4) is 45.8 Å². The Morgan fingerprint density at radius 2 is 1.40 bits per heavy atom. The molecule has 7 N–H and O–H groups in total. The fourth-order valence-corrected chi connectivity index (χ4v) is 13.9. The van der Waals surface area contributed by atoms with Crippen LogP contribution in [0.3, 0.4) is 0 Å². The standard InChI is InChI=1S/C82H97N15O18/c1-93(2)56-30-33-61-68(42-56)114-69-43-57(94(3)4)31-34-62(69)74(61)60-32-21-50(41-63(60)80(104)105)78(102)86-65(19-12-13-35-85-82(106)113-48-64-58-17-10-8-9-11-18-59(58)64)79(103)84-36-15-39-96-46-53(89-92-96)47-111-49-72-75(99)76(100)77(101)81(115-72)112-40-16-37-83-73(98)20-14-38-95(5)54-26-22-51(23-27-54)87-90-66-44-71(110-7)67(45-70(66)109-6)91-88-52-24-28-55(29-25-52)97(107)108/h21-34,41-46,58-59,64-65,72,75-77,81,99-101H,10-20,35-40,47-49H2,1-7H3,(H4-,83,84,85,86,98,102,103,104,105,106)/b90-87+,91-88+/t58-,59+,64?,65-,72-,75-,76+,77-,81-/m1/s1. The molecule has 6 aromatic rings. The Hall–Kier alpha value is -11.8. The molecule has 5 aliphatic rings. The van der Waals surface area contributed by atoms with Gasteiger partial charge in [-0.3, -0.25) is 29.2 Å². The molecule has 1 unspecified atom stereocenters. The number of unbranched alkanes of at least 4 members (excludes halogenated alkanes) is 1. The number of carboxylic acids is 1. The number of carbonyl (C=O) groups excluding carboxylic acids is 5. The van der Waals surface area contributed by atoms with Gasteiger partial charge in [-0.05, 0) is 141 Å². The van der Waals surface area contributed by atoms with E-state index >= 15 is 0 Å². The summed E-state index contributed by atoms with van der Waals surface area (Å²) in [4.78, 5) is 81.6. The molecule has 3 aliphatic carbocycles. The number of nitrogens with zero attached hydrogens (tertiary/aromatic N) is 11. The SMILES string of the molecule is COc1cc(/N=N/c2ccc([N+](=O)[O-])cc2)c(OC)cc1/N=N/c1ccc(N(C)CCCC(=O)NCCCO[C@@H]2O[C@H](COCc3cn(CCCNC(=O)[C@@H](CCCCNC(=O)OCC4[C@H]5CCC#CCC[C@@H]45)NC(=O)c4ccc(-c5c6ccc(=[N+](C)C)cc-6oc6cc(N(C)C)ccc56)c(C(=O)[O-])c4)nn3)[C@@H](O)[C@H](O)[C@H]2O)cc1. The van der Waals surface area contributed by atoms with Crippen LogP contribution in [0.5, 0.6) is 11.5 Å². The number of aliphatic hydroxyl groups excluding tert-OH is 3. The number of nitrogens with one attached hydrogen (secondary N) is 4. The molecule has 608 valence electrons. The molecule has 5 aromatic carbocycles. The predicted molar refractivity (Wildman–Crippen MR) is 423 cm³/mol. The summed E-state index contributed by atoms with van der Waals surface area (Å²) in [5, 5.41) is 95.0. The number of aryl methyl sites for hydroxylation is 1. The van der Waals surface area contributed by atoms with Gasteiger partial charge in [0.1, 0.15) is 84.5 Å². The van der Waals surface area contributed by atoms with Crippen molar-refractivity contribution in [3.63, 3.8) is 0 Å². The van der Waals surface area contributed by atoms with Gasteiger partial charge in [-0.2, -0.15) is 10.2 Å². The minimum Gasteiger partial charge on any atom is -0.545 e. The summed E-state index contributed by atoms with van der Waals surface area (Å²) in [6, 6.07) is 30.8. The fourth-order valence-electron chi connectivity index (χ4n) is 13.9. The highest BCUT2D eigenvalue weighted by Gasteiger charge is 2.49. The Balaban J connectivity index is 0.610. The van der Waals surface area contributed by atoms with Crippen LogP contribution in [-0.4, -0.2) is 197 Å². The first-order chi connectivity index (χ1) is 55.5. The largest absolute Gasteiger partial charge is 0.545 e. The Morgan fingerprint density at radius 3 is 2.07 bits per heavy atom. The molecule has 1 saturated carbocycles. The van der Waals surface area contributed by atoms with Crippen molar-refractivity contribution >= 4 is 80.6 Å². The topological polar surface area (TPSA) is 419 Å². The van der Waals surface area contributed by atoms with Crippen LogP contribution < -0.4 is 55.6 Å². The van der Waals surface area contributed by atoms with Crippen LogP contribution in [0.25, 0.3) is 33.4 Å². The van der Waals surface area contributed by atoms with Crippen molar-refractivity contribution in [2.45, 2.75) is 121 Å². The lowest BCUT2D eigenvalue weighted by atomic mass is 9.89. The van der Waals surface area contributed by atoms with Gasteiger partial charge in [-0.15, -0.1) is 27.2 Å². The van der Waals surface area contributed by atoms with E-state index in [1.165, 1.54) is 50.6 Å². The van der Waals surface area contributed by atoms with Crippen LogP contribution in [0.15, 0.2) is 146 Å². The van der Waals surface area contributed by atoms with Crippen LogP contribution in [-0.2, 0) is 41.7 Å². The number of anilines is 2. The van der Waals surface area contributed by atoms with Crippen molar-refractivity contribution in [2.75, 3.05) is 105 Å². The molecule has 2 aliphatic heterocycles. The molecule has 0 spiro atoms. The number of ether oxygens (including phenoxy) is 6. The molecule has 2 fully saturated rings. The Labute approximate surface area is 664 Å². The molecule has 11 rings (SSSR count). The van der Waals surface area contributed by atoms with Crippen molar-refractivity contribution in [2.24, 2.45) is 38.2 Å². The smallest absolute Gasteiger partial charge is 0.407 e. The maximum atomic E-state index is 14.3. The lowest BCUT2D eigenvalue weighted by Crippen LogP contribution is -2.59. The van der Waals surface area contributed by atoms with Crippen LogP contribution in [0.2, 0.25) is 0 Å². The van der Waals surface area contributed by atoms with E-state index in [0.29, 0.717) is 143 Å². The maximum absolute atomic E-state index is 14.3. The lowest BCUT2D eigenvalue weighted by Gasteiger charge is -2.40. The second kappa shape index (κ2) is 40.3. The van der Waals surface area contributed by atoms with Crippen molar-refractivity contribution in [1.29, 1.82) is 0 Å². The minimum atomic E-state index is -1.62. The number of aromatic carboxylic acids is 1. The van der Waals surface area contributed by atoms with Gasteiger partial charge in [0.2, 0.25) is 17.2 Å². The van der Waals surface area contributed by atoms with Gasteiger partial charge in [0.25, 0.3) is 11.6 Å². The molecule has 115 heavy (non-hydrogen) atoms. The number of methoxy groups -OCH3 is 2. The van der Waals surface area contributed by atoms with Gasteiger partial charge in [-0.25, -0.2) is 9.37 Å². The van der Waals surface area contributed by atoms with Gasteiger partial charge in [0.15, 0.2) is 6.29 Å². The predicted octanol–water partition coefficient (Wildman–Crippen LogP) is 8.42. The van der Waals surface area contributed by atoms with Crippen LogP contribution >= 0.6 is 0 Å². The first-order valence-electron chi connectivity index (χ1n) is 38.2. The number of nitro groups is 1. The maximum Gasteiger partial charge on any atom is 0.407 e. The molecule has 33 heteroatoms. The minimum absolute atomic E-state index is 0.0210. The van der Waals surface area contributed by atoms with Crippen LogP contribution in [0.1, 0.15) is 97.0 Å². The second-order valence-corrected chi connectivity index (χ2v) is 28.8. The fraction of sp³-hybridized carbons (Fsp3) is 0.439. The highest BCUT2D eigenvalue weighted by molar-refractivity contribution is 6.09. The third-order valence-electron chi connectivity index (χ3n) is 20.4. The number of alkyl carbamates (subject to hydrolysis) is 1. The van der Waals surface area contributed by atoms with Gasteiger partial charge >= 0.3 is 6.09 Å². The zero-order chi connectivity index (χ0) is 81.7. The summed E-state index contributed by atoms with van der Waals surface area (Å²) in [5.74, 6) is 6.11. The molecule has 9 atom stereocenters. The number of aromatic nitrogens is 3. The number of hydrogen-bond donors (Lipinski definition) is 7. The average molecular weight is 1580 g/mol. The molecule has 1 saturated heterocycles. The van der Waals surface area contributed by atoms with E-state index in [1.54, 1.807) is 41.2 Å². The van der Waals surface area contributed by atoms with E-state index < -0.39 is 65.5 Å². The molecule has 0 bridgehead atoms. The van der Waals surface area contributed by atoms with Crippen LogP contribution in [0.4, 0.5) is 44.6 Å². The number of non-ortho nitro benzene ring substituents is 1. The van der Waals surface area contributed by atoms with E-state index in [4.69, 9.17) is 32.8 Å². The number of fused-ring (bicyclic) bond motifs is 3. The Bertz CT molecular complexity index is 4880. The number of rotatable bonds is 38. The summed E-state index contributed by atoms with van der Waals surface area (Å²) in [6.07, 6.45) is 0.244. The number of azo groups is 2. The zero-order valence-corrected chi connectivity index (χ0v) is 65.3. The highest BCUT2D eigenvalue weighted by Crippen LogP contribution is 2.52. The van der Waals surface area contributed by atoms with Gasteiger partial charge in [-0.1, -0.05) is 11.3 Å². The van der Waals surface area contributed by atoms with Crippen molar-refractivity contribution < 1.29 is 82.2 Å². The second-order valence-electron chi connectivity index (χ2n) is 28.8. The number of nitro benzene ring substituents is 1. The average Bonchev–Trinajstić information content (AvgIpc) is 0.997. The monoisotopic (exact) mass is 1580 g/mol. The molecule has 1 aromatic heterocycles. The summed E-state index contributed by atoms with van der Waals surface area (Å²) in [7, 11) is 12.5. The molecule has 3 heterocycles. The molecule has 0 radical (unpaired) electrons.